The number of rotatable bonds is 5. The van der Waals surface area contributed by atoms with E-state index in [1.165, 1.54) is 0 Å². The van der Waals surface area contributed by atoms with Crippen molar-refractivity contribution in [2.75, 3.05) is 6.61 Å². The lowest BCUT2D eigenvalue weighted by Crippen LogP contribution is -2.01. The van der Waals surface area contributed by atoms with Gasteiger partial charge in [0.05, 0.1) is 17.8 Å². The van der Waals surface area contributed by atoms with E-state index >= 15 is 0 Å². The lowest BCUT2D eigenvalue weighted by atomic mass is 10.1. The molecule has 0 atom stereocenters. The second kappa shape index (κ2) is 5.67. The number of hydrogen-bond acceptors (Lipinski definition) is 2. The summed E-state index contributed by atoms with van der Waals surface area (Å²) in [5.74, 6) is 0.948. The second-order valence-electron chi connectivity index (χ2n) is 4.37. The van der Waals surface area contributed by atoms with Crippen molar-refractivity contribution in [1.29, 1.82) is 0 Å². The molecule has 0 radical (unpaired) electrons. The van der Waals surface area contributed by atoms with E-state index < -0.39 is 0 Å². The van der Waals surface area contributed by atoms with Gasteiger partial charge in [-0.05, 0) is 31.6 Å². The average molecular weight is 241 g/mol. The number of hydrogen-bond donors (Lipinski definition) is 0. The Bertz CT molecular complexity index is 560. The summed E-state index contributed by atoms with van der Waals surface area (Å²) < 4.78 is 5.95. The van der Waals surface area contributed by atoms with Gasteiger partial charge in [0.1, 0.15) is 5.75 Å². The summed E-state index contributed by atoms with van der Waals surface area (Å²) in [7, 11) is 0. The monoisotopic (exact) mass is 241 g/mol. The highest BCUT2D eigenvalue weighted by atomic mass is 16.5. The molecule has 18 heavy (non-hydrogen) atoms. The first kappa shape index (κ1) is 12.6. The molecule has 0 unspecified atom stereocenters. The number of aromatic nitrogens is 1. The summed E-state index contributed by atoms with van der Waals surface area (Å²) in [6.45, 7) is 8.77. The molecule has 0 N–H and O–H groups in total. The normalized spacial score (nSPS) is 10.6. The molecule has 0 amide bonds. The van der Waals surface area contributed by atoms with Crippen LogP contribution in [-0.4, -0.2) is 11.6 Å². The maximum Gasteiger partial charge on any atom is 0.133 e. The molecule has 2 heteroatoms. The Morgan fingerprint density at radius 2 is 2.11 bits per heavy atom. The Hall–Kier alpha value is -1.83. The van der Waals surface area contributed by atoms with Crippen molar-refractivity contribution < 1.29 is 4.74 Å². The summed E-state index contributed by atoms with van der Waals surface area (Å²) in [6, 6.07) is 8.08. The molecular weight excluding hydrogens is 222 g/mol. The Morgan fingerprint density at radius 3 is 2.83 bits per heavy atom. The summed E-state index contributed by atoms with van der Waals surface area (Å²) >= 11 is 0. The van der Waals surface area contributed by atoms with Crippen LogP contribution in [0.4, 0.5) is 0 Å². The van der Waals surface area contributed by atoms with E-state index in [9.17, 15) is 0 Å². The minimum atomic E-state index is 0.752. The molecule has 0 fully saturated rings. The number of ether oxygens (including phenoxy) is 1. The molecule has 1 aromatic heterocycles. The van der Waals surface area contributed by atoms with Crippen LogP contribution >= 0.6 is 0 Å². The van der Waals surface area contributed by atoms with Crippen LogP contribution < -0.4 is 4.74 Å². The lowest BCUT2D eigenvalue weighted by Gasteiger charge is -2.13. The van der Waals surface area contributed by atoms with E-state index in [0.717, 1.165) is 47.4 Å². The van der Waals surface area contributed by atoms with Gasteiger partial charge in [-0.25, -0.2) is 4.98 Å². The molecule has 94 valence electrons. The number of pyridine rings is 1. The average Bonchev–Trinajstić information content (AvgIpc) is 2.41. The summed E-state index contributed by atoms with van der Waals surface area (Å²) in [4.78, 5) is 4.58. The van der Waals surface area contributed by atoms with Crippen molar-refractivity contribution in [2.45, 2.75) is 26.7 Å². The highest BCUT2D eigenvalue weighted by Crippen LogP contribution is 2.30. The molecule has 0 aliphatic rings. The summed E-state index contributed by atoms with van der Waals surface area (Å²) in [6.07, 6.45) is 3.99. The minimum absolute atomic E-state index is 0.752. The van der Waals surface area contributed by atoms with E-state index in [4.69, 9.17) is 4.74 Å². The summed E-state index contributed by atoms with van der Waals surface area (Å²) in [5.41, 5.74) is 2.93. The third-order valence-electron chi connectivity index (χ3n) is 3.05. The molecular formula is C16H19NO. The van der Waals surface area contributed by atoms with Gasteiger partial charge in [0, 0.05) is 10.9 Å². The largest absolute Gasteiger partial charge is 0.493 e. The maximum atomic E-state index is 5.95. The highest BCUT2D eigenvalue weighted by Gasteiger charge is 2.10. The zero-order valence-corrected chi connectivity index (χ0v) is 11.1. The number of benzene rings is 1. The Labute approximate surface area is 108 Å². The van der Waals surface area contributed by atoms with E-state index in [1.807, 2.05) is 25.1 Å². The standard InChI is InChI=1S/C16H19NO/c1-4-6-11-18-16-12(3)14(5-2)17-15-10-8-7-9-13(15)16/h5,7-10H,2,4,6,11H2,1,3H3. The van der Waals surface area contributed by atoms with E-state index in [-0.39, 0.29) is 0 Å². The fourth-order valence-corrected chi connectivity index (χ4v) is 2.00. The number of nitrogens with zero attached hydrogens (tertiary/aromatic N) is 1. The van der Waals surface area contributed by atoms with Crippen LogP contribution in [0.2, 0.25) is 0 Å². The molecule has 2 rings (SSSR count). The molecule has 0 aliphatic carbocycles. The molecule has 1 heterocycles. The van der Waals surface area contributed by atoms with Crippen molar-refractivity contribution in [3.05, 3.63) is 42.1 Å². The molecule has 1 aromatic carbocycles. The van der Waals surface area contributed by atoms with Crippen LogP contribution in [0.5, 0.6) is 5.75 Å². The third kappa shape index (κ3) is 2.37. The maximum absolute atomic E-state index is 5.95. The van der Waals surface area contributed by atoms with Gasteiger partial charge in [0.2, 0.25) is 0 Å². The van der Waals surface area contributed by atoms with Crippen LogP contribution in [0.1, 0.15) is 31.0 Å². The van der Waals surface area contributed by atoms with Gasteiger partial charge in [0.25, 0.3) is 0 Å². The number of fused-ring (bicyclic) bond motifs is 1. The molecule has 0 saturated heterocycles. The molecule has 0 aliphatic heterocycles. The van der Waals surface area contributed by atoms with Gasteiger partial charge >= 0.3 is 0 Å². The zero-order chi connectivity index (χ0) is 13.0. The van der Waals surface area contributed by atoms with Crippen molar-refractivity contribution >= 4 is 17.0 Å². The topological polar surface area (TPSA) is 22.1 Å². The molecule has 0 spiro atoms. The van der Waals surface area contributed by atoms with Gasteiger partial charge in [-0.3, -0.25) is 0 Å². The van der Waals surface area contributed by atoms with Crippen molar-refractivity contribution in [1.82, 2.24) is 4.98 Å². The van der Waals surface area contributed by atoms with Crippen molar-refractivity contribution in [3.63, 3.8) is 0 Å². The quantitative estimate of drug-likeness (QED) is 0.725. The van der Waals surface area contributed by atoms with Gasteiger partial charge < -0.3 is 4.74 Å². The SMILES string of the molecule is C=Cc1nc2ccccc2c(OCCCC)c1C. The molecule has 2 aromatic rings. The minimum Gasteiger partial charge on any atom is -0.493 e. The Kier molecular flexibility index (Phi) is 3.98. The van der Waals surface area contributed by atoms with Gasteiger partial charge in [-0.15, -0.1) is 0 Å². The first-order chi connectivity index (χ1) is 8.77. The van der Waals surface area contributed by atoms with Crippen LogP contribution in [-0.2, 0) is 0 Å². The van der Waals surface area contributed by atoms with Crippen molar-refractivity contribution in [2.24, 2.45) is 0 Å². The van der Waals surface area contributed by atoms with Gasteiger partial charge in [-0.1, -0.05) is 32.1 Å². The van der Waals surface area contributed by atoms with E-state index in [1.54, 1.807) is 6.08 Å². The first-order valence-electron chi connectivity index (χ1n) is 6.42. The third-order valence-corrected chi connectivity index (χ3v) is 3.05. The fraction of sp³-hybridized carbons (Fsp3) is 0.312. The van der Waals surface area contributed by atoms with Crippen molar-refractivity contribution in [3.8, 4) is 5.75 Å². The number of unbranched alkanes of at least 4 members (excludes halogenated alkanes) is 1. The van der Waals surface area contributed by atoms with Crippen LogP contribution in [0.15, 0.2) is 30.8 Å². The predicted octanol–water partition coefficient (Wildman–Crippen LogP) is 4.37. The van der Waals surface area contributed by atoms with Crippen LogP contribution in [0.3, 0.4) is 0 Å². The van der Waals surface area contributed by atoms with E-state index in [2.05, 4.69) is 24.6 Å². The van der Waals surface area contributed by atoms with E-state index in [0.29, 0.717) is 0 Å². The summed E-state index contributed by atoms with van der Waals surface area (Å²) in [5, 5.41) is 1.08. The second-order valence-corrected chi connectivity index (χ2v) is 4.37. The fourth-order valence-electron chi connectivity index (χ4n) is 2.00. The smallest absolute Gasteiger partial charge is 0.133 e. The first-order valence-corrected chi connectivity index (χ1v) is 6.42. The van der Waals surface area contributed by atoms with Crippen LogP contribution in [0.25, 0.3) is 17.0 Å². The van der Waals surface area contributed by atoms with Crippen LogP contribution in [0, 0.1) is 6.92 Å². The molecule has 0 bridgehead atoms. The van der Waals surface area contributed by atoms with Gasteiger partial charge in [0.15, 0.2) is 0 Å². The zero-order valence-electron chi connectivity index (χ0n) is 11.1. The Balaban J connectivity index is 2.52. The lowest BCUT2D eigenvalue weighted by molar-refractivity contribution is 0.310. The van der Waals surface area contributed by atoms with Gasteiger partial charge in [-0.2, -0.15) is 0 Å². The molecule has 0 saturated carbocycles. The number of para-hydroxylation sites is 1. The highest BCUT2D eigenvalue weighted by molar-refractivity contribution is 5.87. The predicted molar refractivity (Wildman–Crippen MR) is 77.0 cm³/mol. The Morgan fingerprint density at radius 1 is 1.33 bits per heavy atom. The molecule has 2 nitrogen and oxygen atoms in total.